The summed E-state index contributed by atoms with van der Waals surface area (Å²) >= 11 is 0. The number of hydrogen-bond donors (Lipinski definition) is 5. The maximum atomic E-state index is 10.4. The third-order valence-corrected chi connectivity index (χ3v) is 4.27. The van der Waals surface area contributed by atoms with Crippen LogP contribution in [-0.2, 0) is 0 Å². The largest absolute Gasteiger partial charge is 0.386 e. The molecule has 0 aliphatic heterocycles. The lowest BCUT2D eigenvalue weighted by atomic mass is 9.84. The van der Waals surface area contributed by atoms with Crippen LogP contribution in [0.2, 0.25) is 0 Å². The third kappa shape index (κ3) is 4.15. The fourth-order valence-electron chi connectivity index (χ4n) is 2.79. The van der Waals surface area contributed by atoms with Crippen molar-refractivity contribution in [3.63, 3.8) is 0 Å². The molecule has 5 heteroatoms. The van der Waals surface area contributed by atoms with Crippen LogP contribution in [0.25, 0.3) is 6.08 Å². The summed E-state index contributed by atoms with van der Waals surface area (Å²) in [7, 11) is 0. The minimum absolute atomic E-state index is 0.369. The van der Waals surface area contributed by atoms with Gasteiger partial charge in [0.2, 0.25) is 5.79 Å². The molecule has 0 aromatic heterocycles. The monoisotopic (exact) mass is 307 g/mol. The van der Waals surface area contributed by atoms with Crippen LogP contribution in [0.5, 0.6) is 0 Å². The lowest BCUT2D eigenvalue weighted by Gasteiger charge is -2.29. The zero-order valence-corrected chi connectivity index (χ0v) is 12.7. The summed E-state index contributed by atoms with van der Waals surface area (Å²) in [5.74, 6) is -2.36. The predicted octanol–water partition coefficient (Wildman–Crippen LogP) is 1.07. The molecule has 5 nitrogen and oxygen atoms in total. The first kappa shape index (κ1) is 17.1. The van der Waals surface area contributed by atoms with E-state index in [2.05, 4.69) is 0 Å². The van der Waals surface area contributed by atoms with Crippen molar-refractivity contribution in [1.82, 2.24) is 0 Å². The van der Waals surface area contributed by atoms with Crippen molar-refractivity contribution in [3.05, 3.63) is 41.5 Å². The van der Waals surface area contributed by atoms with Crippen molar-refractivity contribution >= 4 is 6.08 Å². The molecule has 6 N–H and O–H groups in total. The van der Waals surface area contributed by atoms with Crippen LogP contribution in [-0.4, -0.2) is 38.4 Å². The molecule has 22 heavy (non-hydrogen) atoms. The lowest BCUT2D eigenvalue weighted by Crippen LogP contribution is -2.43. The van der Waals surface area contributed by atoms with Crippen molar-refractivity contribution in [3.8, 4) is 0 Å². The molecule has 1 aliphatic carbocycles. The number of benzene rings is 1. The normalized spacial score (nSPS) is 20.2. The van der Waals surface area contributed by atoms with Gasteiger partial charge in [-0.25, -0.2) is 0 Å². The first-order chi connectivity index (χ1) is 10.4. The van der Waals surface area contributed by atoms with Crippen molar-refractivity contribution in [2.45, 2.75) is 49.6 Å². The molecule has 1 aliphatic rings. The Morgan fingerprint density at radius 3 is 2.55 bits per heavy atom. The quantitative estimate of drug-likeness (QED) is 0.523. The van der Waals surface area contributed by atoms with E-state index in [0.717, 1.165) is 37.7 Å². The molecule has 1 aromatic carbocycles. The SMILES string of the molecule is NCC(O)(O)C(O)c1cccc(C=CC2(O)CCCCC2)c1. The van der Waals surface area contributed by atoms with E-state index in [0.29, 0.717) is 5.56 Å². The van der Waals surface area contributed by atoms with Gasteiger partial charge in [0.05, 0.1) is 5.60 Å². The van der Waals surface area contributed by atoms with E-state index in [1.807, 2.05) is 6.07 Å². The van der Waals surface area contributed by atoms with Crippen LogP contribution in [0.1, 0.15) is 49.3 Å². The Morgan fingerprint density at radius 2 is 1.91 bits per heavy atom. The molecule has 0 spiro atoms. The molecule has 0 heterocycles. The molecule has 2 rings (SSSR count). The Labute approximate surface area is 130 Å². The van der Waals surface area contributed by atoms with Crippen LogP contribution in [0.3, 0.4) is 0 Å². The van der Waals surface area contributed by atoms with Crippen LogP contribution in [0.4, 0.5) is 0 Å². The van der Waals surface area contributed by atoms with Crippen LogP contribution in [0.15, 0.2) is 30.3 Å². The topological polar surface area (TPSA) is 107 Å². The molecule has 0 bridgehead atoms. The molecule has 1 unspecified atom stereocenters. The Hall–Kier alpha value is -1.24. The molecule has 1 atom stereocenters. The Balaban J connectivity index is 2.15. The van der Waals surface area contributed by atoms with Crippen molar-refractivity contribution in [2.24, 2.45) is 5.73 Å². The van der Waals surface area contributed by atoms with E-state index in [4.69, 9.17) is 5.73 Å². The van der Waals surface area contributed by atoms with Crippen molar-refractivity contribution < 1.29 is 20.4 Å². The van der Waals surface area contributed by atoms with Crippen LogP contribution >= 0.6 is 0 Å². The predicted molar refractivity (Wildman–Crippen MR) is 84.7 cm³/mol. The van der Waals surface area contributed by atoms with E-state index >= 15 is 0 Å². The minimum Gasteiger partial charge on any atom is -0.386 e. The summed E-state index contributed by atoms with van der Waals surface area (Å²) in [4.78, 5) is 0. The smallest absolute Gasteiger partial charge is 0.206 e. The van der Waals surface area contributed by atoms with Crippen LogP contribution < -0.4 is 5.73 Å². The first-order valence-electron chi connectivity index (χ1n) is 7.71. The number of rotatable bonds is 5. The van der Waals surface area contributed by atoms with Crippen molar-refractivity contribution in [1.29, 1.82) is 0 Å². The summed E-state index contributed by atoms with van der Waals surface area (Å²) in [6.45, 7) is -0.464. The summed E-state index contributed by atoms with van der Waals surface area (Å²) < 4.78 is 0. The van der Waals surface area contributed by atoms with E-state index < -0.39 is 24.0 Å². The number of aliphatic hydroxyl groups is 4. The summed E-state index contributed by atoms with van der Waals surface area (Å²) in [5, 5.41) is 39.7. The van der Waals surface area contributed by atoms with Gasteiger partial charge < -0.3 is 26.2 Å². The van der Waals surface area contributed by atoms with E-state index in [1.54, 1.807) is 30.4 Å². The molecule has 1 fully saturated rings. The Morgan fingerprint density at radius 1 is 1.23 bits per heavy atom. The first-order valence-corrected chi connectivity index (χ1v) is 7.71. The molecule has 122 valence electrons. The van der Waals surface area contributed by atoms with Gasteiger partial charge in [0.15, 0.2) is 0 Å². The number of hydrogen-bond acceptors (Lipinski definition) is 5. The molecule has 1 saturated carbocycles. The molecule has 0 saturated heterocycles. The standard InChI is InChI=1S/C17H25NO4/c18-12-17(21,22)15(19)14-6-4-5-13(11-14)7-10-16(20)8-2-1-3-9-16/h4-7,10-11,15,19-22H,1-3,8-9,12,18H2. The second kappa shape index (κ2) is 6.89. The van der Waals surface area contributed by atoms with Gasteiger partial charge in [-0.3, -0.25) is 0 Å². The molecule has 0 radical (unpaired) electrons. The highest BCUT2D eigenvalue weighted by molar-refractivity contribution is 5.52. The molecular formula is C17H25NO4. The molecule has 0 amide bonds. The van der Waals surface area contributed by atoms with E-state index in [9.17, 15) is 20.4 Å². The lowest BCUT2D eigenvalue weighted by molar-refractivity contribution is -0.219. The highest BCUT2D eigenvalue weighted by Crippen LogP contribution is 2.30. The van der Waals surface area contributed by atoms with Crippen LogP contribution in [0, 0.1) is 0 Å². The third-order valence-electron chi connectivity index (χ3n) is 4.27. The fourth-order valence-corrected chi connectivity index (χ4v) is 2.79. The Bertz CT molecular complexity index is 521. The van der Waals surface area contributed by atoms with Crippen molar-refractivity contribution in [2.75, 3.05) is 6.54 Å². The van der Waals surface area contributed by atoms with Gasteiger partial charge >= 0.3 is 0 Å². The summed E-state index contributed by atoms with van der Waals surface area (Å²) in [5.41, 5.74) is 5.64. The number of aliphatic hydroxyl groups excluding tert-OH is 1. The van der Waals surface area contributed by atoms with Gasteiger partial charge in [-0.1, -0.05) is 49.6 Å². The van der Waals surface area contributed by atoms with Gasteiger partial charge in [0.1, 0.15) is 6.10 Å². The fraction of sp³-hybridized carbons (Fsp3) is 0.529. The highest BCUT2D eigenvalue weighted by Gasteiger charge is 2.32. The average molecular weight is 307 g/mol. The average Bonchev–Trinajstić information content (AvgIpc) is 2.53. The second-order valence-corrected chi connectivity index (χ2v) is 6.15. The van der Waals surface area contributed by atoms with E-state index in [-0.39, 0.29) is 0 Å². The zero-order valence-electron chi connectivity index (χ0n) is 12.7. The van der Waals surface area contributed by atoms with E-state index in [1.165, 1.54) is 0 Å². The highest BCUT2D eigenvalue weighted by atomic mass is 16.5. The molecular weight excluding hydrogens is 282 g/mol. The number of nitrogens with two attached hydrogens (primary N) is 1. The maximum Gasteiger partial charge on any atom is 0.206 e. The van der Waals surface area contributed by atoms with Gasteiger partial charge in [-0.2, -0.15) is 0 Å². The minimum atomic E-state index is -2.36. The summed E-state index contributed by atoms with van der Waals surface area (Å²) in [6, 6.07) is 6.81. The second-order valence-electron chi connectivity index (χ2n) is 6.15. The van der Waals surface area contributed by atoms with Gasteiger partial charge in [-0.05, 0) is 30.0 Å². The van der Waals surface area contributed by atoms with Gasteiger partial charge in [-0.15, -0.1) is 0 Å². The maximum absolute atomic E-state index is 10.4. The summed E-state index contributed by atoms with van der Waals surface area (Å²) in [6.07, 6.45) is 6.84. The Kier molecular flexibility index (Phi) is 5.36. The van der Waals surface area contributed by atoms with Gasteiger partial charge in [0, 0.05) is 6.54 Å². The zero-order chi connectivity index (χ0) is 16.2. The molecule has 1 aromatic rings. The van der Waals surface area contributed by atoms with Gasteiger partial charge in [0.25, 0.3) is 0 Å².